The molecule has 5 heteroatoms. The number of aromatic nitrogens is 1. The molecule has 4 rings (SSSR count). The lowest BCUT2D eigenvalue weighted by Crippen LogP contribution is -2.47. The molecule has 3 atom stereocenters. The fourth-order valence-corrected chi connectivity index (χ4v) is 5.02. The number of rotatable bonds is 5. The standard InChI is InChI=1S/C22H26N2O3/c1-3-27-21(26)22(14-16-8-5-4-6-9-16)15-17-11-12-19(22)24(17)20(25)18-10-7-13-23(18)2/h4-10,13,17,19H,3,11-12,14-15H2,1-2H3/t17-,19+,22+/m1/s1. The van der Waals surface area contributed by atoms with Crippen LogP contribution in [0.3, 0.4) is 0 Å². The van der Waals surface area contributed by atoms with Crippen LogP contribution in [-0.4, -0.2) is 40.0 Å². The average molecular weight is 366 g/mol. The molecule has 0 aliphatic carbocycles. The van der Waals surface area contributed by atoms with Crippen LogP contribution in [-0.2, 0) is 23.0 Å². The molecule has 5 nitrogen and oxygen atoms in total. The number of hydrogen-bond acceptors (Lipinski definition) is 3. The van der Waals surface area contributed by atoms with Gasteiger partial charge >= 0.3 is 5.97 Å². The van der Waals surface area contributed by atoms with E-state index in [0.29, 0.717) is 25.1 Å². The molecule has 0 radical (unpaired) electrons. The van der Waals surface area contributed by atoms with E-state index in [9.17, 15) is 9.59 Å². The van der Waals surface area contributed by atoms with Crippen molar-refractivity contribution in [3.63, 3.8) is 0 Å². The number of carbonyl (C=O) groups excluding carboxylic acids is 2. The second-order valence-electron chi connectivity index (χ2n) is 7.71. The van der Waals surface area contributed by atoms with E-state index in [1.54, 1.807) is 0 Å². The summed E-state index contributed by atoms with van der Waals surface area (Å²) >= 11 is 0. The van der Waals surface area contributed by atoms with Crippen LogP contribution >= 0.6 is 0 Å². The number of hydrogen-bond donors (Lipinski definition) is 0. The lowest BCUT2D eigenvalue weighted by atomic mass is 9.70. The van der Waals surface area contributed by atoms with Crippen molar-refractivity contribution in [1.29, 1.82) is 0 Å². The smallest absolute Gasteiger partial charge is 0.314 e. The van der Waals surface area contributed by atoms with Crippen molar-refractivity contribution in [2.75, 3.05) is 6.61 Å². The topological polar surface area (TPSA) is 51.5 Å². The summed E-state index contributed by atoms with van der Waals surface area (Å²) in [6.07, 6.45) is 4.99. The Kier molecular flexibility index (Phi) is 4.54. The quantitative estimate of drug-likeness (QED) is 0.764. The van der Waals surface area contributed by atoms with Crippen molar-refractivity contribution in [3.05, 3.63) is 59.9 Å². The number of esters is 1. The van der Waals surface area contributed by atoms with Crippen LogP contribution in [0.2, 0.25) is 0 Å². The van der Waals surface area contributed by atoms with Crippen LogP contribution in [0.15, 0.2) is 48.7 Å². The van der Waals surface area contributed by atoms with Gasteiger partial charge < -0.3 is 14.2 Å². The molecule has 1 aromatic carbocycles. The highest BCUT2D eigenvalue weighted by molar-refractivity contribution is 5.95. The Morgan fingerprint density at radius 3 is 2.59 bits per heavy atom. The summed E-state index contributed by atoms with van der Waals surface area (Å²) in [7, 11) is 1.88. The van der Waals surface area contributed by atoms with E-state index in [1.807, 2.05) is 60.0 Å². The number of benzene rings is 1. The molecule has 0 unspecified atom stereocenters. The third-order valence-corrected chi connectivity index (χ3v) is 6.18. The maximum atomic E-state index is 13.3. The zero-order valence-corrected chi connectivity index (χ0v) is 15.9. The minimum absolute atomic E-state index is 0.0224. The van der Waals surface area contributed by atoms with Gasteiger partial charge in [-0.15, -0.1) is 0 Å². The minimum Gasteiger partial charge on any atom is -0.465 e. The molecule has 2 aromatic rings. The highest BCUT2D eigenvalue weighted by Gasteiger charge is 2.62. The number of carbonyl (C=O) groups is 2. The van der Waals surface area contributed by atoms with Gasteiger partial charge in [0.15, 0.2) is 0 Å². The number of fused-ring (bicyclic) bond motifs is 2. The van der Waals surface area contributed by atoms with E-state index in [1.165, 1.54) is 0 Å². The molecule has 27 heavy (non-hydrogen) atoms. The molecular weight excluding hydrogens is 340 g/mol. The first-order valence-electron chi connectivity index (χ1n) is 9.72. The molecule has 2 bridgehead atoms. The van der Waals surface area contributed by atoms with E-state index in [4.69, 9.17) is 4.74 Å². The van der Waals surface area contributed by atoms with Crippen molar-refractivity contribution in [2.45, 2.75) is 44.7 Å². The molecular formula is C22H26N2O3. The molecule has 0 N–H and O–H groups in total. The van der Waals surface area contributed by atoms with Crippen LogP contribution in [0.1, 0.15) is 42.2 Å². The first kappa shape index (κ1) is 17.8. The first-order chi connectivity index (χ1) is 13.1. The summed E-state index contributed by atoms with van der Waals surface area (Å²) in [5.74, 6) is -0.139. The van der Waals surface area contributed by atoms with Gasteiger partial charge in [-0.25, -0.2) is 0 Å². The summed E-state index contributed by atoms with van der Waals surface area (Å²) in [5, 5.41) is 0. The van der Waals surface area contributed by atoms with Gasteiger partial charge in [0, 0.05) is 25.3 Å². The van der Waals surface area contributed by atoms with Crippen LogP contribution in [0.25, 0.3) is 0 Å². The fraction of sp³-hybridized carbons (Fsp3) is 0.455. The molecule has 2 aliphatic rings. The number of nitrogens with zero attached hydrogens (tertiary/aromatic N) is 2. The lowest BCUT2D eigenvalue weighted by Gasteiger charge is -2.35. The van der Waals surface area contributed by atoms with E-state index >= 15 is 0 Å². The van der Waals surface area contributed by atoms with Crippen molar-refractivity contribution < 1.29 is 14.3 Å². The zero-order valence-electron chi connectivity index (χ0n) is 15.9. The number of amides is 1. The van der Waals surface area contributed by atoms with E-state index in [2.05, 4.69) is 12.1 Å². The fourth-order valence-electron chi connectivity index (χ4n) is 5.02. The van der Waals surface area contributed by atoms with Crippen LogP contribution in [0.5, 0.6) is 0 Å². The van der Waals surface area contributed by atoms with Crippen molar-refractivity contribution in [2.24, 2.45) is 12.5 Å². The third-order valence-electron chi connectivity index (χ3n) is 6.18. The molecule has 2 fully saturated rings. The van der Waals surface area contributed by atoms with Gasteiger partial charge in [-0.2, -0.15) is 0 Å². The number of ether oxygens (including phenoxy) is 1. The van der Waals surface area contributed by atoms with Crippen LogP contribution < -0.4 is 0 Å². The molecule has 2 aliphatic heterocycles. The van der Waals surface area contributed by atoms with Gasteiger partial charge in [0.05, 0.1) is 12.0 Å². The molecule has 2 saturated heterocycles. The highest BCUT2D eigenvalue weighted by Crippen LogP contribution is 2.52. The predicted octanol–water partition coefficient (Wildman–Crippen LogP) is 3.19. The van der Waals surface area contributed by atoms with Crippen molar-refractivity contribution in [3.8, 4) is 0 Å². The van der Waals surface area contributed by atoms with Gasteiger partial charge in [0.2, 0.25) is 0 Å². The first-order valence-corrected chi connectivity index (χ1v) is 9.72. The van der Waals surface area contributed by atoms with Crippen molar-refractivity contribution in [1.82, 2.24) is 9.47 Å². The lowest BCUT2D eigenvalue weighted by molar-refractivity contribution is -0.157. The van der Waals surface area contributed by atoms with Gasteiger partial charge in [-0.3, -0.25) is 9.59 Å². The Bertz CT molecular complexity index is 844. The molecule has 0 saturated carbocycles. The minimum atomic E-state index is -0.652. The summed E-state index contributed by atoms with van der Waals surface area (Å²) in [5.41, 5.74) is 1.14. The highest BCUT2D eigenvalue weighted by atomic mass is 16.5. The molecule has 1 amide bonds. The Hall–Kier alpha value is -2.56. The molecule has 3 heterocycles. The number of aryl methyl sites for hydroxylation is 1. The maximum absolute atomic E-state index is 13.3. The third kappa shape index (κ3) is 2.85. The summed E-state index contributed by atoms with van der Waals surface area (Å²) in [4.78, 5) is 28.3. The Morgan fingerprint density at radius 2 is 1.93 bits per heavy atom. The maximum Gasteiger partial charge on any atom is 0.314 e. The van der Waals surface area contributed by atoms with Crippen molar-refractivity contribution >= 4 is 11.9 Å². The molecule has 1 aromatic heterocycles. The Balaban J connectivity index is 1.70. The Morgan fingerprint density at radius 1 is 1.15 bits per heavy atom. The average Bonchev–Trinajstić information content (AvgIpc) is 3.35. The van der Waals surface area contributed by atoms with Crippen LogP contribution in [0.4, 0.5) is 0 Å². The Labute approximate surface area is 159 Å². The van der Waals surface area contributed by atoms with E-state index in [-0.39, 0.29) is 24.0 Å². The van der Waals surface area contributed by atoms with E-state index in [0.717, 1.165) is 18.4 Å². The zero-order chi connectivity index (χ0) is 19.0. The van der Waals surface area contributed by atoms with Gasteiger partial charge in [0.25, 0.3) is 5.91 Å². The summed E-state index contributed by atoms with van der Waals surface area (Å²) in [6.45, 7) is 2.20. The second kappa shape index (κ2) is 6.87. The van der Waals surface area contributed by atoms with Gasteiger partial charge in [0.1, 0.15) is 5.69 Å². The van der Waals surface area contributed by atoms with Gasteiger partial charge in [-0.1, -0.05) is 30.3 Å². The predicted molar refractivity (Wildman–Crippen MR) is 102 cm³/mol. The monoisotopic (exact) mass is 366 g/mol. The summed E-state index contributed by atoms with van der Waals surface area (Å²) in [6, 6.07) is 13.8. The largest absolute Gasteiger partial charge is 0.465 e. The van der Waals surface area contributed by atoms with E-state index < -0.39 is 5.41 Å². The molecule has 0 spiro atoms. The van der Waals surface area contributed by atoms with Crippen LogP contribution in [0, 0.1) is 5.41 Å². The summed E-state index contributed by atoms with van der Waals surface area (Å²) < 4.78 is 7.36. The SMILES string of the molecule is CCOC(=O)[C@@]1(Cc2ccccc2)C[C@H]2CC[C@@H]1N2C(=O)c1cccn1C. The van der Waals surface area contributed by atoms with Gasteiger partial charge in [-0.05, 0) is 50.3 Å². The molecule has 142 valence electrons. The normalized spacial score (nSPS) is 26.4. The second-order valence-corrected chi connectivity index (χ2v) is 7.71.